The molecule has 0 aliphatic heterocycles. The maximum atomic E-state index is 11.8. The molecule has 1 atom stereocenters. The summed E-state index contributed by atoms with van der Waals surface area (Å²) in [6, 6.07) is -0.971. The molecule has 0 aromatic rings. The summed E-state index contributed by atoms with van der Waals surface area (Å²) in [5.74, 6) is -3.34. The molecule has 0 aliphatic carbocycles. The molecule has 0 bridgehead atoms. The Morgan fingerprint density at radius 2 is 1.93 bits per heavy atom. The van der Waals surface area contributed by atoms with Gasteiger partial charge in [0.1, 0.15) is 0 Å². The average Bonchev–Trinajstić information content (AvgIpc) is 2.01. The third-order valence-electron chi connectivity index (χ3n) is 1.65. The molecule has 0 aliphatic rings. The molecule has 0 aromatic heterocycles. The van der Waals surface area contributed by atoms with Gasteiger partial charge in [0.15, 0.2) is 0 Å². The summed E-state index contributed by atoms with van der Waals surface area (Å²) < 4.78 is 35.5. The van der Waals surface area contributed by atoms with E-state index in [1.807, 2.05) is 0 Å². The Hall–Kier alpha value is -1.27. The zero-order valence-electron chi connectivity index (χ0n) is 8.10. The van der Waals surface area contributed by atoms with Gasteiger partial charge in [-0.25, -0.2) is 0 Å². The molecule has 88 valence electrons. The van der Waals surface area contributed by atoms with E-state index in [1.54, 1.807) is 12.2 Å². The first-order valence-electron chi connectivity index (χ1n) is 4.36. The highest BCUT2D eigenvalue weighted by atomic mass is 19.4. The molecule has 0 aromatic carbocycles. The number of halogens is 3. The SMILES string of the molecule is CCC[C@H](CC(=O)O)NC(=O)C(F)(F)F. The molecular formula is C8H12F3NO3. The van der Waals surface area contributed by atoms with Crippen molar-refractivity contribution >= 4 is 11.9 Å². The third-order valence-corrected chi connectivity index (χ3v) is 1.65. The number of carbonyl (C=O) groups excluding carboxylic acids is 1. The first-order valence-corrected chi connectivity index (χ1v) is 4.36. The molecule has 0 fully saturated rings. The number of hydrogen-bond acceptors (Lipinski definition) is 2. The fraction of sp³-hybridized carbons (Fsp3) is 0.750. The van der Waals surface area contributed by atoms with Crippen LogP contribution < -0.4 is 5.32 Å². The van der Waals surface area contributed by atoms with E-state index >= 15 is 0 Å². The van der Waals surface area contributed by atoms with Gasteiger partial charge in [-0.3, -0.25) is 9.59 Å². The minimum Gasteiger partial charge on any atom is -0.481 e. The summed E-state index contributed by atoms with van der Waals surface area (Å²) in [4.78, 5) is 20.8. The van der Waals surface area contributed by atoms with Gasteiger partial charge in [0.2, 0.25) is 0 Å². The van der Waals surface area contributed by atoms with Crippen molar-refractivity contribution in [1.82, 2.24) is 5.32 Å². The number of hydrogen-bond donors (Lipinski definition) is 2. The zero-order chi connectivity index (χ0) is 12.1. The molecule has 0 saturated heterocycles. The van der Waals surface area contributed by atoms with Crippen molar-refractivity contribution in [3.8, 4) is 0 Å². The first-order chi connectivity index (χ1) is 6.77. The molecular weight excluding hydrogens is 215 g/mol. The molecule has 2 N–H and O–H groups in total. The van der Waals surface area contributed by atoms with Gasteiger partial charge in [-0.1, -0.05) is 13.3 Å². The summed E-state index contributed by atoms with van der Waals surface area (Å²) >= 11 is 0. The molecule has 7 heteroatoms. The maximum absolute atomic E-state index is 11.8. The van der Waals surface area contributed by atoms with Crippen molar-refractivity contribution in [1.29, 1.82) is 0 Å². The Morgan fingerprint density at radius 1 is 1.40 bits per heavy atom. The molecule has 15 heavy (non-hydrogen) atoms. The van der Waals surface area contributed by atoms with Gasteiger partial charge in [0.05, 0.1) is 6.42 Å². The minimum atomic E-state index is -4.97. The molecule has 0 radical (unpaired) electrons. The van der Waals surface area contributed by atoms with Crippen LogP contribution in [0.4, 0.5) is 13.2 Å². The van der Waals surface area contributed by atoms with Crippen molar-refractivity contribution < 1.29 is 27.9 Å². The maximum Gasteiger partial charge on any atom is 0.471 e. The Bertz CT molecular complexity index is 240. The number of amides is 1. The highest BCUT2D eigenvalue weighted by Gasteiger charge is 2.39. The molecule has 0 saturated carbocycles. The van der Waals surface area contributed by atoms with Gasteiger partial charge in [-0.05, 0) is 6.42 Å². The number of nitrogens with one attached hydrogen (secondary N) is 1. The number of carboxylic acid groups (broad SMARTS) is 1. The Kier molecular flexibility index (Phi) is 5.10. The van der Waals surface area contributed by atoms with Crippen LogP contribution in [0.15, 0.2) is 0 Å². The number of alkyl halides is 3. The lowest BCUT2D eigenvalue weighted by Crippen LogP contribution is -2.43. The van der Waals surface area contributed by atoms with Crippen LogP contribution in [-0.4, -0.2) is 29.2 Å². The van der Waals surface area contributed by atoms with E-state index in [9.17, 15) is 22.8 Å². The molecule has 0 unspecified atom stereocenters. The second-order valence-electron chi connectivity index (χ2n) is 3.05. The van der Waals surface area contributed by atoms with Crippen molar-refractivity contribution in [3.05, 3.63) is 0 Å². The van der Waals surface area contributed by atoms with Crippen LogP contribution in [0, 0.1) is 0 Å². The van der Waals surface area contributed by atoms with Crippen LogP contribution in [-0.2, 0) is 9.59 Å². The van der Waals surface area contributed by atoms with Gasteiger partial charge < -0.3 is 10.4 Å². The van der Waals surface area contributed by atoms with Crippen LogP contribution in [0.25, 0.3) is 0 Å². The van der Waals surface area contributed by atoms with Crippen molar-refractivity contribution in [3.63, 3.8) is 0 Å². The molecule has 4 nitrogen and oxygen atoms in total. The van der Waals surface area contributed by atoms with Gasteiger partial charge in [0, 0.05) is 6.04 Å². The van der Waals surface area contributed by atoms with Crippen LogP contribution in [0.3, 0.4) is 0 Å². The van der Waals surface area contributed by atoms with Crippen LogP contribution in [0.1, 0.15) is 26.2 Å². The summed E-state index contributed by atoms with van der Waals surface area (Å²) in [5.41, 5.74) is 0. The van der Waals surface area contributed by atoms with E-state index in [4.69, 9.17) is 5.11 Å². The van der Waals surface area contributed by atoms with E-state index in [-0.39, 0.29) is 6.42 Å². The summed E-state index contributed by atoms with van der Waals surface area (Å²) in [7, 11) is 0. The fourth-order valence-corrected chi connectivity index (χ4v) is 1.05. The zero-order valence-corrected chi connectivity index (χ0v) is 8.10. The second-order valence-corrected chi connectivity index (χ2v) is 3.05. The molecule has 0 heterocycles. The van der Waals surface area contributed by atoms with E-state index < -0.39 is 30.5 Å². The largest absolute Gasteiger partial charge is 0.481 e. The molecule has 0 rings (SSSR count). The van der Waals surface area contributed by atoms with Crippen LogP contribution in [0.5, 0.6) is 0 Å². The topological polar surface area (TPSA) is 66.4 Å². The van der Waals surface area contributed by atoms with Crippen molar-refractivity contribution in [2.75, 3.05) is 0 Å². The Labute approximate surface area is 84.5 Å². The van der Waals surface area contributed by atoms with Crippen molar-refractivity contribution in [2.45, 2.75) is 38.4 Å². The highest BCUT2D eigenvalue weighted by Crippen LogP contribution is 2.15. The van der Waals surface area contributed by atoms with Crippen LogP contribution in [0.2, 0.25) is 0 Å². The fourth-order valence-electron chi connectivity index (χ4n) is 1.05. The highest BCUT2D eigenvalue weighted by molar-refractivity contribution is 5.82. The lowest BCUT2D eigenvalue weighted by molar-refractivity contribution is -0.174. The van der Waals surface area contributed by atoms with Gasteiger partial charge in [-0.15, -0.1) is 0 Å². The van der Waals surface area contributed by atoms with Crippen molar-refractivity contribution in [2.24, 2.45) is 0 Å². The molecule has 1 amide bonds. The minimum absolute atomic E-state index is 0.203. The molecule has 0 spiro atoms. The second kappa shape index (κ2) is 5.57. The van der Waals surface area contributed by atoms with E-state index in [1.165, 1.54) is 0 Å². The van der Waals surface area contributed by atoms with E-state index in [2.05, 4.69) is 0 Å². The van der Waals surface area contributed by atoms with E-state index in [0.717, 1.165) is 0 Å². The summed E-state index contributed by atoms with van der Waals surface area (Å²) in [6.45, 7) is 1.69. The van der Waals surface area contributed by atoms with Gasteiger partial charge in [-0.2, -0.15) is 13.2 Å². The predicted molar refractivity (Wildman–Crippen MR) is 45.1 cm³/mol. The number of aliphatic carboxylic acids is 1. The monoisotopic (exact) mass is 227 g/mol. The Morgan fingerprint density at radius 3 is 2.27 bits per heavy atom. The third kappa shape index (κ3) is 5.92. The normalized spacial score (nSPS) is 13.3. The lowest BCUT2D eigenvalue weighted by atomic mass is 10.1. The van der Waals surface area contributed by atoms with E-state index in [0.29, 0.717) is 6.42 Å². The number of carboxylic acids is 1. The number of carbonyl (C=O) groups is 2. The first kappa shape index (κ1) is 13.7. The van der Waals surface area contributed by atoms with Crippen LogP contribution >= 0.6 is 0 Å². The quantitative estimate of drug-likeness (QED) is 0.744. The predicted octanol–water partition coefficient (Wildman–Crippen LogP) is 1.31. The lowest BCUT2D eigenvalue weighted by Gasteiger charge is -2.16. The standard InChI is InChI=1S/C8H12F3NO3/c1-2-3-5(4-6(13)14)12-7(15)8(9,10)11/h5H,2-4H2,1H3,(H,12,15)(H,13,14)/t5-/m1/s1. The average molecular weight is 227 g/mol. The summed E-state index contributed by atoms with van der Waals surface area (Å²) in [6.07, 6.45) is -4.77. The Balaban J connectivity index is 4.28. The summed E-state index contributed by atoms with van der Waals surface area (Å²) in [5, 5.41) is 10.0. The van der Waals surface area contributed by atoms with Gasteiger partial charge in [0.25, 0.3) is 0 Å². The number of rotatable bonds is 5. The van der Waals surface area contributed by atoms with Gasteiger partial charge >= 0.3 is 18.1 Å². The smallest absolute Gasteiger partial charge is 0.471 e.